The number of hydrogen-bond acceptors (Lipinski definition) is 5. The summed E-state index contributed by atoms with van der Waals surface area (Å²) in [6, 6.07) is 5.21. The van der Waals surface area contributed by atoms with Gasteiger partial charge in [0.1, 0.15) is 0 Å². The van der Waals surface area contributed by atoms with Crippen molar-refractivity contribution in [2.45, 2.75) is 13.5 Å². The Labute approximate surface area is 102 Å². The van der Waals surface area contributed by atoms with Crippen LogP contribution in [0.15, 0.2) is 30.6 Å². The van der Waals surface area contributed by atoms with Crippen LogP contribution in [0.4, 0.5) is 10.7 Å². The van der Waals surface area contributed by atoms with Gasteiger partial charge in [-0.25, -0.2) is 0 Å². The van der Waals surface area contributed by atoms with E-state index in [0.29, 0.717) is 6.54 Å². The molecule has 6 heteroatoms. The van der Waals surface area contributed by atoms with E-state index in [-0.39, 0.29) is 9.92 Å². The first-order valence-electron chi connectivity index (χ1n) is 5.04. The van der Waals surface area contributed by atoms with Gasteiger partial charge in [-0.05, 0) is 24.6 Å². The average Bonchev–Trinajstić information content (AvgIpc) is 2.77. The van der Waals surface area contributed by atoms with Crippen LogP contribution in [0.1, 0.15) is 10.4 Å². The summed E-state index contributed by atoms with van der Waals surface area (Å²) in [6.07, 6.45) is 3.48. The first kappa shape index (κ1) is 11.5. The molecule has 88 valence electrons. The number of thiophene rings is 1. The maximum atomic E-state index is 10.5. The zero-order chi connectivity index (χ0) is 12.3. The van der Waals surface area contributed by atoms with Gasteiger partial charge in [-0.15, -0.1) is 0 Å². The number of aromatic nitrogens is 1. The van der Waals surface area contributed by atoms with Crippen LogP contribution in [0, 0.1) is 17.0 Å². The lowest BCUT2D eigenvalue weighted by Gasteiger charge is -2.06. The number of nitrogens with one attached hydrogen (secondary N) is 1. The van der Waals surface area contributed by atoms with Crippen molar-refractivity contribution in [1.29, 1.82) is 0 Å². The molecule has 0 aromatic carbocycles. The molecule has 0 bridgehead atoms. The SMILES string of the molecule is Cc1ccncc1NCc1ccc([N+](=O)[O-])s1. The Balaban J connectivity index is 2.02. The van der Waals surface area contributed by atoms with Crippen molar-refractivity contribution >= 4 is 22.0 Å². The van der Waals surface area contributed by atoms with Crippen molar-refractivity contribution < 1.29 is 4.92 Å². The van der Waals surface area contributed by atoms with Crippen LogP contribution < -0.4 is 5.32 Å². The van der Waals surface area contributed by atoms with Crippen molar-refractivity contribution in [3.63, 3.8) is 0 Å². The Bertz CT molecular complexity index is 539. The van der Waals surface area contributed by atoms with E-state index in [0.717, 1.165) is 16.1 Å². The topological polar surface area (TPSA) is 68.1 Å². The second-order valence-corrected chi connectivity index (χ2v) is 4.69. The molecule has 0 atom stereocenters. The van der Waals surface area contributed by atoms with Crippen molar-refractivity contribution in [3.05, 3.63) is 51.1 Å². The molecule has 0 saturated heterocycles. The lowest BCUT2D eigenvalue weighted by Crippen LogP contribution is -1.99. The van der Waals surface area contributed by atoms with E-state index in [9.17, 15) is 10.1 Å². The summed E-state index contributed by atoms with van der Waals surface area (Å²) in [4.78, 5) is 15.1. The van der Waals surface area contributed by atoms with Crippen LogP contribution in [0.3, 0.4) is 0 Å². The van der Waals surface area contributed by atoms with Crippen molar-refractivity contribution in [1.82, 2.24) is 4.98 Å². The molecule has 0 aliphatic carbocycles. The van der Waals surface area contributed by atoms with E-state index in [2.05, 4.69) is 10.3 Å². The van der Waals surface area contributed by atoms with Crippen molar-refractivity contribution in [2.75, 3.05) is 5.32 Å². The monoisotopic (exact) mass is 249 g/mol. The first-order chi connectivity index (χ1) is 8.16. The third kappa shape index (κ3) is 2.79. The zero-order valence-electron chi connectivity index (χ0n) is 9.21. The van der Waals surface area contributed by atoms with Gasteiger partial charge >= 0.3 is 5.00 Å². The minimum atomic E-state index is -0.372. The summed E-state index contributed by atoms with van der Waals surface area (Å²) in [5.41, 5.74) is 2.05. The molecule has 17 heavy (non-hydrogen) atoms. The fourth-order valence-corrected chi connectivity index (χ4v) is 2.15. The molecule has 0 saturated carbocycles. The standard InChI is InChI=1S/C11H11N3O2S/c1-8-4-5-12-7-10(8)13-6-9-2-3-11(17-9)14(15)16/h2-5,7,13H,6H2,1H3. The first-order valence-corrected chi connectivity index (χ1v) is 5.86. The number of aryl methyl sites for hydroxylation is 1. The Hall–Kier alpha value is -1.95. The van der Waals surface area contributed by atoms with Crippen LogP contribution in [0.2, 0.25) is 0 Å². The molecule has 5 nitrogen and oxygen atoms in total. The van der Waals surface area contributed by atoms with Gasteiger partial charge in [-0.3, -0.25) is 15.1 Å². The Morgan fingerprint density at radius 2 is 2.29 bits per heavy atom. The van der Waals surface area contributed by atoms with Crippen LogP contribution >= 0.6 is 11.3 Å². The molecule has 2 aromatic heterocycles. The predicted octanol–water partition coefficient (Wildman–Crippen LogP) is 2.97. The molecular formula is C11H11N3O2S. The largest absolute Gasteiger partial charge is 0.379 e. The van der Waals surface area contributed by atoms with E-state index in [1.54, 1.807) is 18.5 Å². The van der Waals surface area contributed by atoms with Crippen molar-refractivity contribution in [2.24, 2.45) is 0 Å². The summed E-state index contributed by atoms with van der Waals surface area (Å²) in [6.45, 7) is 2.56. The Morgan fingerprint density at radius 1 is 1.47 bits per heavy atom. The van der Waals surface area contributed by atoms with Crippen LogP contribution in [0.5, 0.6) is 0 Å². The predicted molar refractivity (Wildman–Crippen MR) is 67.3 cm³/mol. The molecule has 0 fully saturated rings. The number of nitro groups is 1. The summed E-state index contributed by atoms with van der Waals surface area (Å²) in [5, 5.41) is 13.9. The molecule has 2 rings (SSSR count). The van der Waals surface area contributed by atoms with Gasteiger partial charge < -0.3 is 5.32 Å². The van der Waals surface area contributed by atoms with Gasteiger partial charge in [0.05, 0.1) is 16.8 Å². The maximum Gasteiger partial charge on any atom is 0.324 e. The number of rotatable bonds is 4. The molecule has 0 amide bonds. The van der Waals surface area contributed by atoms with Gasteiger partial charge in [-0.1, -0.05) is 11.3 Å². The zero-order valence-corrected chi connectivity index (χ0v) is 10.0. The lowest BCUT2D eigenvalue weighted by atomic mass is 10.2. The lowest BCUT2D eigenvalue weighted by molar-refractivity contribution is -0.380. The normalized spacial score (nSPS) is 10.2. The third-order valence-electron chi connectivity index (χ3n) is 2.32. The Morgan fingerprint density at radius 3 is 2.94 bits per heavy atom. The second-order valence-electron chi connectivity index (χ2n) is 3.54. The van der Waals surface area contributed by atoms with Crippen molar-refractivity contribution in [3.8, 4) is 0 Å². The molecule has 2 heterocycles. The van der Waals surface area contributed by atoms with E-state index < -0.39 is 0 Å². The van der Waals surface area contributed by atoms with E-state index in [1.807, 2.05) is 13.0 Å². The molecular weight excluding hydrogens is 238 g/mol. The molecule has 0 unspecified atom stereocenters. The highest BCUT2D eigenvalue weighted by Gasteiger charge is 2.09. The molecule has 0 aliphatic rings. The highest BCUT2D eigenvalue weighted by Crippen LogP contribution is 2.24. The summed E-state index contributed by atoms with van der Waals surface area (Å²) >= 11 is 1.18. The van der Waals surface area contributed by atoms with Gasteiger partial charge in [0.25, 0.3) is 0 Å². The fourth-order valence-electron chi connectivity index (χ4n) is 1.39. The minimum absolute atomic E-state index is 0.171. The highest BCUT2D eigenvalue weighted by molar-refractivity contribution is 7.15. The molecule has 0 spiro atoms. The van der Waals surface area contributed by atoms with E-state index >= 15 is 0 Å². The summed E-state index contributed by atoms with van der Waals surface area (Å²) in [7, 11) is 0. The minimum Gasteiger partial charge on any atom is -0.379 e. The second kappa shape index (κ2) is 4.92. The quantitative estimate of drug-likeness (QED) is 0.668. The number of pyridine rings is 1. The smallest absolute Gasteiger partial charge is 0.324 e. The van der Waals surface area contributed by atoms with Crippen LogP contribution in [0.25, 0.3) is 0 Å². The highest BCUT2D eigenvalue weighted by atomic mass is 32.1. The van der Waals surface area contributed by atoms with Crippen LogP contribution in [-0.2, 0) is 6.54 Å². The summed E-state index contributed by atoms with van der Waals surface area (Å²) in [5.74, 6) is 0. The summed E-state index contributed by atoms with van der Waals surface area (Å²) < 4.78 is 0. The van der Waals surface area contributed by atoms with Gasteiger partial charge in [0.2, 0.25) is 0 Å². The van der Waals surface area contributed by atoms with Gasteiger partial charge in [-0.2, -0.15) is 0 Å². The molecule has 0 radical (unpaired) electrons. The Kier molecular flexibility index (Phi) is 3.34. The molecule has 1 N–H and O–H groups in total. The number of nitrogens with zero attached hydrogens (tertiary/aromatic N) is 2. The fraction of sp³-hybridized carbons (Fsp3) is 0.182. The number of hydrogen-bond donors (Lipinski definition) is 1. The maximum absolute atomic E-state index is 10.5. The van der Waals surface area contributed by atoms with Gasteiger partial charge in [0, 0.05) is 23.7 Å². The van der Waals surface area contributed by atoms with Crippen LogP contribution in [-0.4, -0.2) is 9.91 Å². The molecule has 2 aromatic rings. The number of anilines is 1. The van der Waals surface area contributed by atoms with E-state index in [4.69, 9.17) is 0 Å². The van der Waals surface area contributed by atoms with Gasteiger partial charge in [0.15, 0.2) is 0 Å². The third-order valence-corrected chi connectivity index (χ3v) is 3.36. The average molecular weight is 249 g/mol. The van der Waals surface area contributed by atoms with E-state index in [1.165, 1.54) is 17.4 Å². The molecule has 0 aliphatic heterocycles.